The summed E-state index contributed by atoms with van der Waals surface area (Å²) in [6, 6.07) is 10.9. The molecule has 0 spiro atoms. The van der Waals surface area contributed by atoms with Gasteiger partial charge < -0.3 is 19.0 Å². The van der Waals surface area contributed by atoms with Gasteiger partial charge in [-0.25, -0.2) is 4.79 Å². The highest BCUT2D eigenvalue weighted by Crippen LogP contribution is 2.32. The van der Waals surface area contributed by atoms with Gasteiger partial charge in [-0.3, -0.25) is 4.79 Å². The summed E-state index contributed by atoms with van der Waals surface area (Å²) in [6.07, 6.45) is 0. The third kappa shape index (κ3) is 4.68. The second kappa shape index (κ2) is 8.56. The van der Waals surface area contributed by atoms with Crippen molar-refractivity contribution in [2.75, 3.05) is 20.0 Å². The molecule has 7 heteroatoms. The molecule has 0 unspecified atom stereocenters. The number of aryl methyl sites for hydroxylation is 2. The summed E-state index contributed by atoms with van der Waals surface area (Å²) in [6.45, 7) is 4.95. The molecule has 0 saturated heterocycles. The van der Waals surface area contributed by atoms with Crippen molar-refractivity contribution in [1.29, 1.82) is 0 Å². The number of oxime groups is 1. The average molecular weight is 383 g/mol. The van der Waals surface area contributed by atoms with Crippen molar-refractivity contribution in [2.24, 2.45) is 5.16 Å². The van der Waals surface area contributed by atoms with Gasteiger partial charge in [0.15, 0.2) is 18.1 Å². The Morgan fingerprint density at radius 1 is 1.04 bits per heavy atom. The Bertz CT molecular complexity index is 934. The van der Waals surface area contributed by atoms with E-state index >= 15 is 0 Å². The molecule has 146 valence electrons. The van der Waals surface area contributed by atoms with Crippen LogP contribution in [-0.2, 0) is 14.4 Å². The fraction of sp³-hybridized carbons (Fsp3) is 0.286. The lowest BCUT2D eigenvalue weighted by molar-refractivity contribution is -0.147. The number of hydrogen-bond acceptors (Lipinski definition) is 7. The molecule has 2 aromatic rings. The van der Waals surface area contributed by atoms with Crippen LogP contribution in [0.4, 0.5) is 0 Å². The maximum atomic E-state index is 12.2. The van der Waals surface area contributed by atoms with Crippen molar-refractivity contribution in [2.45, 2.75) is 20.8 Å². The molecule has 0 radical (unpaired) electrons. The molecule has 0 amide bonds. The molecule has 28 heavy (non-hydrogen) atoms. The molecular formula is C21H21NO6. The molecule has 0 fully saturated rings. The van der Waals surface area contributed by atoms with E-state index in [1.165, 1.54) is 0 Å². The van der Waals surface area contributed by atoms with Crippen LogP contribution >= 0.6 is 0 Å². The minimum Gasteiger partial charge on any atom is -0.455 e. The van der Waals surface area contributed by atoms with Gasteiger partial charge in [0.25, 0.3) is 0 Å². The topological polar surface area (TPSA) is 83.4 Å². The SMILES string of the molecule is C/C(=N/OCC(=O)OCC(=O)c1cc(C)ccc1C)c1ccc2c(c1)OCO2. The first kappa shape index (κ1) is 19.4. The van der Waals surface area contributed by atoms with Crippen LogP contribution in [-0.4, -0.2) is 37.5 Å². The van der Waals surface area contributed by atoms with E-state index < -0.39 is 5.97 Å². The lowest BCUT2D eigenvalue weighted by Gasteiger charge is -2.07. The number of Topliss-reactive ketones (excluding diaryl/α,β-unsaturated/α-hetero) is 1. The number of ketones is 1. The van der Waals surface area contributed by atoms with Gasteiger partial charge in [0.2, 0.25) is 19.2 Å². The van der Waals surface area contributed by atoms with E-state index in [0.717, 1.165) is 16.7 Å². The van der Waals surface area contributed by atoms with Crippen LogP contribution in [0.3, 0.4) is 0 Å². The molecule has 3 rings (SSSR count). The zero-order chi connectivity index (χ0) is 20.1. The van der Waals surface area contributed by atoms with Crippen molar-refractivity contribution in [1.82, 2.24) is 0 Å². The van der Waals surface area contributed by atoms with Crippen LogP contribution in [0.15, 0.2) is 41.6 Å². The summed E-state index contributed by atoms with van der Waals surface area (Å²) in [4.78, 5) is 29.1. The highest BCUT2D eigenvalue weighted by molar-refractivity contribution is 6.00. The minimum atomic E-state index is -0.666. The Hall–Kier alpha value is -3.35. The summed E-state index contributed by atoms with van der Waals surface area (Å²) in [5.74, 6) is 0.390. The average Bonchev–Trinajstić information content (AvgIpc) is 3.15. The molecule has 1 aliphatic rings. The van der Waals surface area contributed by atoms with Crippen molar-refractivity contribution in [3.63, 3.8) is 0 Å². The first-order valence-electron chi connectivity index (χ1n) is 8.76. The maximum absolute atomic E-state index is 12.2. The Kier molecular flexibility index (Phi) is 5.93. The number of carbonyl (C=O) groups is 2. The zero-order valence-electron chi connectivity index (χ0n) is 16.0. The molecule has 2 aromatic carbocycles. The molecule has 0 atom stereocenters. The van der Waals surface area contributed by atoms with E-state index in [1.54, 1.807) is 25.1 Å². The van der Waals surface area contributed by atoms with Gasteiger partial charge in [0.1, 0.15) is 0 Å². The summed E-state index contributed by atoms with van der Waals surface area (Å²) in [5, 5.41) is 3.91. The molecule has 1 aliphatic heterocycles. The normalized spacial score (nSPS) is 12.6. The Labute approximate surface area is 162 Å². The van der Waals surface area contributed by atoms with Crippen LogP contribution in [0.2, 0.25) is 0 Å². The van der Waals surface area contributed by atoms with Crippen LogP contribution in [0.1, 0.15) is 34.0 Å². The third-order valence-electron chi connectivity index (χ3n) is 4.23. The Balaban J connectivity index is 1.48. The molecule has 1 heterocycles. The smallest absolute Gasteiger partial charge is 0.347 e. The summed E-state index contributed by atoms with van der Waals surface area (Å²) in [7, 11) is 0. The molecule has 0 N–H and O–H groups in total. The highest BCUT2D eigenvalue weighted by atomic mass is 16.7. The van der Waals surface area contributed by atoms with Crippen LogP contribution in [0, 0.1) is 13.8 Å². The van der Waals surface area contributed by atoms with Crippen LogP contribution < -0.4 is 9.47 Å². The van der Waals surface area contributed by atoms with E-state index in [1.807, 2.05) is 32.0 Å². The summed E-state index contributed by atoms with van der Waals surface area (Å²) < 4.78 is 15.6. The lowest BCUT2D eigenvalue weighted by Crippen LogP contribution is -2.18. The third-order valence-corrected chi connectivity index (χ3v) is 4.23. The van der Waals surface area contributed by atoms with E-state index in [9.17, 15) is 9.59 Å². The number of rotatable bonds is 7. The zero-order valence-corrected chi connectivity index (χ0v) is 16.0. The fourth-order valence-electron chi connectivity index (χ4n) is 2.66. The summed E-state index contributed by atoms with van der Waals surface area (Å²) >= 11 is 0. The second-order valence-corrected chi connectivity index (χ2v) is 6.42. The number of esters is 1. The largest absolute Gasteiger partial charge is 0.455 e. The Morgan fingerprint density at radius 3 is 2.64 bits per heavy atom. The monoisotopic (exact) mass is 383 g/mol. The van der Waals surface area contributed by atoms with Gasteiger partial charge in [-0.2, -0.15) is 0 Å². The summed E-state index contributed by atoms with van der Waals surface area (Å²) in [5.41, 5.74) is 3.70. The van der Waals surface area contributed by atoms with E-state index in [-0.39, 0.29) is 25.8 Å². The van der Waals surface area contributed by atoms with Gasteiger partial charge >= 0.3 is 5.97 Å². The number of hydrogen-bond donors (Lipinski definition) is 0. The van der Waals surface area contributed by atoms with Gasteiger partial charge in [-0.1, -0.05) is 22.9 Å². The van der Waals surface area contributed by atoms with Gasteiger partial charge in [0.05, 0.1) is 5.71 Å². The molecule has 0 saturated carbocycles. The molecule has 0 bridgehead atoms. The van der Waals surface area contributed by atoms with Crippen LogP contribution in [0.5, 0.6) is 11.5 Å². The number of benzene rings is 2. The quantitative estimate of drug-likeness (QED) is 0.316. The predicted molar refractivity (Wildman–Crippen MR) is 102 cm³/mol. The van der Waals surface area contributed by atoms with Gasteiger partial charge in [-0.15, -0.1) is 0 Å². The van der Waals surface area contributed by atoms with Crippen molar-refractivity contribution < 1.29 is 28.6 Å². The first-order chi connectivity index (χ1) is 13.4. The lowest BCUT2D eigenvalue weighted by atomic mass is 10.0. The van der Waals surface area contributed by atoms with Gasteiger partial charge in [0, 0.05) is 11.1 Å². The standard InChI is InChI=1S/C21H21NO6/c1-13-4-5-14(2)17(8-13)18(23)10-25-21(24)11-28-22-15(3)16-6-7-19-20(9-16)27-12-26-19/h4-9H,10-12H2,1-3H3/b22-15-. The molecule has 0 aliphatic carbocycles. The van der Waals surface area contributed by atoms with E-state index in [4.69, 9.17) is 19.0 Å². The predicted octanol–water partition coefficient (Wildman–Crippen LogP) is 3.20. The van der Waals surface area contributed by atoms with Crippen molar-refractivity contribution in [3.8, 4) is 11.5 Å². The van der Waals surface area contributed by atoms with Gasteiger partial charge in [-0.05, 0) is 50.6 Å². The van der Waals surface area contributed by atoms with Crippen LogP contribution in [0.25, 0.3) is 0 Å². The fourth-order valence-corrected chi connectivity index (χ4v) is 2.66. The number of carbonyl (C=O) groups excluding carboxylic acids is 2. The second-order valence-electron chi connectivity index (χ2n) is 6.42. The first-order valence-corrected chi connectivity index (χ1v) is 8.76. The number of ether oxygens (including phenoxy) is 3. The Morgan fingerprint density at radius 2 is 1.82 bits per heavy atom. The molecular weight excluding hydrogens is 362 g/mol. The minimum absolute atomic E-state index is 0.193. The maximum Gasteiger partial charge on any atom is 0.347 e. The van der Waals surface area contributed by atoms with Crippen molar-refractivity contribution >= 4 is 17.5 Å². The molecule has 7 nitrogen and oxygen atoms in total. The highest BCUT2D eigenvalue weighted by Gasteiger charge is 2.15. The number of fused-ring (bicyclic) bond motifs is 1. The van der Waals surface area contributed by atoms with E-state index in [0.29, 0.717) is 22.8 Å². The van der Waals surface area contributed by atoms with E-state index in [2.05, 4.69) is 5.16 Å². The number of nitrogens with zero attached hydrogens (tertiary/aromatic N) is 1. The molecule has 0 aromatic heterocycles. The van der Waals surface area contributed by atoms with Crippen molar-refractivity contribution in [3.05, 3.63) is 58.7 Å².